The SMILES string of the molecule is COc1ccc(C2CN([C@H]3CCC[C@@H]3Oc3ccc4c(c3)CN(C3CCC(=O)NC3=O)C4=O)C2)cn1. The van der Waals surface area contributed by atoms with Crippen LogP contribution in [0.2, 0.25) is 0 Å². The fraction of sp³-hybridized carbons (Fsp3) is 0.481. The van der Waals surface area contributed by atoms with Gasteiger partial charge in [0.15, 0.2) is 0 Å². The second-order valence-electron chi connectivity index (χ2n) is 10.2. The van der Waals surface area contributed by atoms with E-state index in [2.05, 4.69) is 21.3 Å². The summed E-state index contributed by atoms with van der Waals surface area (Å²) in [5.74, 6) is 1.04. The number of nitrogens with zero attached hydrogens (tertiary/aromatic N) is 3. The van der Waals surface area contributed by atoms with Crippen molar-refractivity contribution in [2.75, 3.05) is 20.2 Å². The lowest BCUT2D eigenvalue weighted by Crippen LogP contribution is -2.54. The smallest absolute Gasteiger partial charge is 0.255 e. The van der Waals surface area contributed by atoms with Crippen LogP contribution in [-0.4, -0.2) is 70.9 Å². The fourth-order valence-corrected chi connectivity index (χ4v) is 6.01. The molecular weight excluding hydrogens is 460 g/mol. The van der Waals surface area contributed by atoms with Gasteiger partial charge < -0.3 is 14.4 Å². The van der Waals surface area contributed by atoms with Gasteiger partial charge in [0.25, 0.3) is 5.91 Å². The molecule has 3 fully saturated rings. The minimum absolute atomic E-state index is 0.112. The molecule has 1 aromatic carbocycles. The quantitative estimate of drug-likeness (QED) is 0.620. The molecule has 1 unspecified atom stereocenters. The van der Waals surface area contributed by atoms with Gasteiger partial charge in [-0.1, -0.05) is 6.07 Å². The maximum absolute atomic E-state index is 13.0. The minimum Gasteiger partial charge on any atom is -0.489 e. The lowest BCUT2D eigenvalue weighted by Gasteiger charge is -2.45. The molecule has 2 saturated heterocycles. The highest BCUT2D eigenvalue weighted by Gasteiger charge is 2.42. The van der Waals surface area contributed by atoms with Crippen molar-refractivity contribution in [1.29, 1.82) is 0 Å². The summed E-state index contributed by atoms with van der Waals surface area (Å²) in [7, 11) is 1.63. The van der Waals surface area contributed by atoms with Crippen LogP contribution >= 0.6 is 0 Å². The lowest BCUT2D eigenvalue weighted by atomic mass is 9.90. The van der Waals surface area contributed by atoms with Gasteiger partial charge in [-0.15, -0.1) is 0 Å². The van der Waals surface area contributed by atoms with E-state index in [9.17, 15) is 14.4 Å². The Morgan fingerprint density at radius 1 is 1.06 bits per heavy atom. The van der Waals surface area contributed by atoms with Crippen LogP contribution in [0.1, 0.15) is 59.5 Å². The van der Waals surface area contributed by atoms with Crippen molar-refractivity contribution in [3.05, 3.63) is 53.2 Å². The van der Waals surface area contributed by atoms with Crippen LogP contribution in [0.5, 0.6) is 11.6 Å². The van der Waals surface area contributed by atoms with Crippen molar-refractivity contribution in [1.82, 2.24) is 20.1 Å². The maximum atomic E-state index is 13.0. The number of carbonyl (C=O) groups is 3. The van der Waals surface area contributed by atoms with Gasteiger partial charge in [-0.3, -0.25) is 24.6 Å². The summed E-state index contributed by atoms with van der Waals surface area (Å²) in [5, 5.41) is 2.35. The number of ether oxygens (including phenoxy) is 2. The third-order valence-electron chi connectivity index (χ3n) is 8.02. The topological polar surface area (TPSA) is 101 Å². The first-order valence-corrected chi connectivity index (χ1v) is 12.7. The third kappa shape index (κ3) is 4.11. The van der Waals surface area contributed by atoms with Crippen molar-refractivity contribution in [2.45, 2.75) is 62.8 Å². The number of rotatable bonds is 6. The number of likely N-dealkylation sites (tertiary alicyclic amines) is 1. The van der Waals surface area contributed by atoms with Crippen molar-refractivity contribution in [2.24, 2.45) is 0 Å². The molecule has 4 aliphatic rings. The Hall–Kier alpha value is -3.46. The van der Waals surface area contributed by atoms with E-state index in [0.29, 0.717) is 36.4 Å². The summed E-state index contributed by atoms with van der Waals surface area (Å²) in [6.07, 6.45) is 5.89. The first-order valence-electron chi connectivity index (χ1n) is 12.7. The number of hydrogen-bond acceptors (Lipinski definition) is 7. The molecule has 36 heavy (non-hydrogen) atoms. The second-order valence-corrected chi connectivity index (χ2v) is 10.2. The van der Waals surface area contributed by atoms with Crippen LogP contribution in [0.15, 0.2) is 36.5 Å². The number of pyridine rings is 1. The van der Waals surface area contributed by atoms with E-state index in [4.69, 9.17) is 9.47 Å². The molecule has 0 spiro atoms. The van der Waals surface area contributed by atoms with E-state index >= 15 is 0 Å². The highest BCUT2D eigenvalue weighted by molar-refractivity contribution is 6.05. The molecule has 2 aromatic rings. The van der Waals surface area contributed by atoms with Gasteiger partial charge in [0, 0.05) is 55.8 Å². The number of amides is 3. The molecule has 188 valence electrons. The number of piperidine rings is 1. The zero-order chi connectivity index (χ0) is 24.8. The molecule has 0 radical (unpaired) electrons. The second kappa shape index (κ2) is 9.20. The Morgan fingerprint density at radius 3 is 2.67 bits per heavy atom. The molecule has 3 amide bonds. The molecule has 1 aliphatic carbocycles. The summed E-state index contributed by atoms with van der Waals surface area (Å²) < 4.78 is 11.6. The van der Waals surface area contributed by atoms with Crippen LogP contribution in [0.3, 0.4) is 0 Å². The number of fused-ring (bicyclic) bond motifs is 1. The van der Waals surface area contributed by atoms with Crippen LogP contribution in [0.25, 0.3) is 0 Å². The number of carbonyl (C=O) groups excluding carboxylic acids is 3. The van der Waals surface area contributed by atoms with E-state index < -0.39 is 11.9 Å². The number of nitrogens with one attached hydrogen (secondary N) is 1. The number of benzene rings is 1. The average Bonchev–Trinajstić information content (AvgIpc) is 3.43. The van der Waals surface area contributed by atoms with Gasteiger partial charge in [0.05, 0.1) is 7.11 Å². The molecule has 4 heterocycles. The van der Waals surface area contributed by atoms with Gasteiger partial charge in [0.2, 0.25) is 17.7 Å². The molecule has 6 rings (SSSR count). The molecule has 9 nitrogen and oxygen atoms in total. The van der Waals surface area contributed by atoms with Crippen LogP contribution in [0.4, 0.5) is 0 Å². The van der Waals surface area contributed by atoms with E-state index in [0.717, 1.165) is 43.7 Å². The zero-order valence-electron chi connectivity index (χ0n) is 20.3. The standard InChI is InChI=1S/C27H30N4O5/c1-35-25-10-5-16(12-28-25)18-13-30(14-18)21-3-2-4-23(21)36-19-6-7-20-17(11-19)15-31(27(20)34)22-8-9-24(32)29-26(22)33/h5-7,10-12,18,21-23H,2-4,8-9,13-15H2,1H3,(H,29,32,33)/t21-,22?,23-/m0/s1. The molecular formula is C27H30N4O5. The minimum atomic E-state index is -0.605. The summed E-state index contributed by atoms with van der Waals surface area (Å²) in [5.41, 5.74) is 2.72. The highest BCUT2D eigenvalue weighted by Crippen LogP contribution is 2.37. The first kappa shape index (κ1) is 23.0. The summed E-state index contributed by atoms with van der Waals surface area (Å²) in [4.78, 5) is 45.2. The molecule has 1 aromatic heterocycles. The Labute approximate surface area is 209 Å². The Morgan fingerprint density at radius 2 is 1.92 bits per heavy atom. The zero-order valence-corrected chi connectivity index (χ0v) is 20.3. The molecule has 3 atom stereocenters. The van der Waals surface area contributed by atoms with Crippen molar-refractivity contribution in [3.63, 3.8) is 0 Å². The van der Waals surface area contributed by atoms with Gasteiger partial charge in [-0.25, -0.2) is 4.98 Å². The molecule has 0 bridgehead atoms. The van der Waals surface area contributed by atoms with Gasteiger partial charge in [0.1, 0.15) is 17.9 Å². The van der Waals surface area contributed by atoms with Gasteiger partial charge in [-0.05, 0) is 55.0 Å². The van der Waals surface area contributed by atoms with Crippen molar-refractivity contribution in [3.8, 4) is 11.6 Å². The number of hydrogen-bond donors (Lipinski definition) is 1. The summed E-state index contributed by atoms with van der Waals surface area (Å²) >= 11 is 0. The summed E-state index contributed by atoms with van der Waals surface area (Å²) in [6.45, 7) is 2.35. The number of imide groups is 1. The largest absolute Gasteiger partial charge is 0.489 e. The molecule has 1 saturated carbocycles. The normalized spacial score (nSPS) is 26.5. The van der Waals surface area contributed by atoms with Gasteiger partial charge >= 0.3 is 0 Å². The lowest BCUT2D eigenvalue weighted by molar-refractivity contribution is -0.136. The highest BCUT2D eigenvalue weighted by atomic mass is 16.5. The van der Waals surface area contributed by atoms with Gasteiger partial charge in [-0.2, -0.15) is 0 Å². The Balaban J connectivity index is 1.09. The van der Waals surface area contributed by atoms with Crippen molar-refractivity contribution >= 4 is 17.7 Å². The maximum Gasteiger partial charge on any atom is 0.255 e. The van der Waals surface area contributed by atoms with Crippen LogP contribution < -0.4 is 14.8 Å². The first-order chi connectivity index (χ1) is 17.5. The van der Waals surface area contributed by atoms with E-state index in [1.165, 1.54) is 5.56 Å². The molecule has 9 heteroatoms. The third-order valence-corrected chi connectivity index (χ3v) is 8.02. The fourth-order valence-electron chi connectivity index (χ4n) is 6.01. The van der Waals surface area contributed by atoms with Crippen LogP contribution in [0, 0.1) is 0 Å². The predicted octanol–water partition coefficient (Wildman–Crippen LogP) is 2.25. The monoisotopic (exact) mass is 490 g/mol. The predicted molar refractivity (Wildman–Crippen MR) is 130 cm³/mol. The average molecular weight is 491 g/mol. The van der Waals surface area contributed by atoms with Crippen LogP contribution in [-0.2, 0) is 16.1 Å². The van der Waals surface area contributed by atoms with E-state index in [-0.39, 0.29) is 24.3 Å². The van der Waals surface area contributed by atoms with E-state index in [1.807, 2.05) is 24.4 Å². The van der Waals surface area contributed by atoms with E-state index in [1.54, 1.807) is 18.1 Å². The molecule has 3 aliphatic heterocycles. The summed E-state index contributed by atoms with van der Waals surface area (Å²) in [6, 6.07) is 9.39. The Kier molecular flexibility index (Phi) is 5.87. The number of aromatic nitrogens is 1. The Bertz CT molecular complexity index is 1190. The van der Waals surface area contributed by atoms with Crippen molar-refractivity contribution < 1.29 is 23.9 Å². The molecule has 1 N–H and O–H groups in total. The number of methoxy groups -OCH3 is 1.